The molecule has 1 atom stereocenters. The van der Waals surface area contributed by atoms with Gasteiger partial charge in [0.15, 0.2) is 0 Å². The van der Waals surface area contributed by atoms with Gasteiger partial charge in [-0.05, 0) is 19.3 Å². The molecule has 0 saturated carbocycles. The Hall–Kier alpha value is -0.610. The second-order valence-electron chi connectivity index (χ2n) is 2.45. The van der Waals surface area contributed by atoms with Gasteiger partial charge in [0.25, 0.3) is 0 Å². The zero-order valence-electron chi connectivity index (χ0n) is 6.36. The largest absolute Gasteiger partial charge is 0.481 e. The predicted octanol–water partition coefficient (Wildman–Crippen LogP) is -0.0154. The van der Waals surface area contributed by atoms with Gasteiger partial charge in [0.05, 0.1) is 6.10 Å². The fourth-order valence-electron chi connectivity index (χ4n) is 0.782. The number of carboxylic acid groups (broad SMARTS) is 1. The summed E-state index contributed by atoms with van der Waals surface area (Å²) in [5, 5.41) is 25.6. The minimum absolute atomic E-state index is 0.0474. The molecule has 4 nitrogen and oxygen atoms in total. The van der Waals surface area contributed by atoms with Gasteiger partial charge in [0.2, 0.25) is 0 Å². The predicted molar refractivity (Wildman–Crippen MR) is 39.2 cm³/mol. The number of rotatable bonds is 6. The van der Waals surface area contributed by atoms with Gasteiger partial charge in [-0.2, -0.15) is 0 Å². The second kappa shape index (κ2) is 6.12. The highest BCUT2D eigenvalue weighted by Crippen LogP contribution is 2.03. The molecule has 0 amide bonds. The third-order valence-corrected chi connectivity index (χ3v) is 1.39. The van der Waals surface area contributed by atoms with E-state index < -0.39 is 12.1 Å². The molecule has 0 radical (unpaired) electrons. The fraction of sp³-hybridized carbons (Fsp3) is 0.857. The Labute approximate surface area is 65.5 Å². The average molecular weight is 162 g/mol. The SMILES string of the molecule is O=C(O)CCC[C@H](O)CCO. The lowest BCUT2D eigenvalue weighted by atomic mass is 10.1. The van der Waals surface area contributed by atoms with Crippen molar-refractivity contribution in [2.75, 3.05) is 6.61 Å². The van der Waals surface area contributed by atoms with Crippen LogP contribution >= 0.6 is 0 Å². The summed E-state index contributed by atoms with van der Waals surface area (Å²) in [6.07, 6.45) is 0.783. The molecule has 0 fully saturated rings. The van der Waals surface area contributed by atoms with E-state index >= 15 is 0 Å². The van der Waals surface area contributed by atoms with Crippen molar-refractivity contribution in [3.05, 3.63) is 0 Å². The highest BCUT2D eigenvalue weighted by atomic mass is 16.4. The lowest BCUT2D eigenvalue weighted by molar-refractivity contribution is -0.137. The van der Waals surface area contributed by atoms with Crippen molar-refractivity contribution in [1.29, 1.82) is 0 Å². The van der Waals surface area contributed by atoms with E-state index in [1.165, 1.54) is 0 Å². The van der Waals surface area contributed by atoms with Crippen molar-refractivity contribution >= 4 is 5.97 Å². The van der Waals surface area contributed by atoms with Crippen LogP contribution in [0.25, 0.3) is 0 Å². The number of aliphatic carboxylic acids is 1. The number of carbonyl (C=O) groups is 1. The summed E-state index contributed by atoms with van der Waals surface area (Å²) in [6.45, 7) is -0.0474. The van der Waals surface area contributed by atoms with Crippen LogP contribution in [-0.2, 0) is 4.79 Å². The zero-order chi connectivity index (χ0) is 8.69. The first-order chi connectivity index (χ1) is 5.16. The molecule has 0 saturated heterocycles. The highest BCUT2D eigenvalue weighted by molar-refractivity contribution is 5.66. The molecule has 66 valence electrons. The van der Waals surface area contributed by atoms with Crippen molar-refractivity contribution in [3.8, 4) is 0 Å². The van der Waals surface area contributed by atoms with E-state index in [1.807, 2.05) is 0 Å². The maximum absolute atomic E-state index is 10.0. The molecular formula is C7H14O4. The van der Waals surface area contributed by atoms with Gasteiger partial charge in [-0.1, -0.05) is 0 Å². The number of carboxylic acids is 1. The third kappa shape index (κ3) is 7.29. The standard InChI is InChI=1S/C7H14O4/c8-5-4-6(9)2-1-3-7(10)11/h6,8-9H,1-5H2,(H,10,11)/t6-/m0/s1. The zero-order valence-corrected chi connectivity index (χ0v) is 6.36. The molecule has 0 aromatic carbocycles. The van der Waals surface area contributed by atoms with Crippen LogP contribution in [0.4, 0.5) is 0 Å². The molecule has 4 heteroatoms. The first-order valence-corrected chi connectivity index (χ1v) is 3.67. The summed E-state index contributed by atoms with van der Waals surface area (Å²) in [5.41, 5.74) is 0. The topological polar surface area (TPSA) is 77.8 Å². The molecule has 0 aliphatic carbocycles. The monoisotopic (exact) mass is 162 g/mol. The van der Waals surface area contributed by atoms with Gasteiger partial charge in [-0.3, -0.25) is 4.79 Å². The van der Waals surface area contributed by atoms with Gasteiger partial charge in [0.1, 0.15) is 0 Å². The van der Waals surface area contributed by atoms with E-state index in [1.54, 1.807) is 0 Å². The summed E-state index contributed by atoms with van der Waals surface area (Å²) in [4.78, 5) is 10.0. The number of aliphatic hydroxyl groups is 2. The van der Waals surface area contributed by atoms with Crippen LogP contribution < -0.4 is 0 Å². The van der Waals surface area contributed by atoms with E-state index in [9.17, 15) is 4.79 Å². The first kappa shape index (κ1) is 10.4. The maximum atomic E-state index is 10.0. The van der Waals surface area contributed by atoms with E-state index in [0.29, 0.717) is 19.3 Å². The van der Waals surface area contributed by atoms with Crippen LogP contribution in [0.3, 0.4) is 0 Å². The summed E-state index contributed by atoms with van der Waals surface area (Å²) < 4.78 is 0. The van der Waals surface area contributed by atoms with E-state index in [-0.39, 0.29) is 13.0 Å². The van der Waals surface area contributed by atoms with Crippen LogP contribution in [0.1, 0.15) is 25.7 Å². The second-order valence-corrected chi connectivity index (χ2v) is 2.45. The van der Waals surface area contributed by atoms with Gasteiger partial charge >= 0.3 is 5.97 Å². The summed E-state index contributed by atoms with van der Waals surface area (Å²) in [7, 11) is 0. The molecule has 0 heterocycles. The van der Waals surface area contributed by atoms with Crippen LogP contribution in [0, 0.1) is 0 Å². The van der Waals surface area contributed by atoms with Crippen molar-refractivity contribution < 1.29 is 20.1 Å². The molecular weight excluding hydrogens is 148 g/mol. The Balaban J connectivity index is 3.16. The molecule has 0 rings (SSSR count). The Kier molecular flexibility index (Phi) is 5.78. The van der Waals surface area contributed by atoms with Gasteiger partial charge < -0.3 is 15.3 Å². The minimum Gasteiger partial charge on any atom is -0.481 e. The van der Waals surface area contributed by atoms with Gasteiger partial charge in [0, 0.05) is 13.0 Å². The van der Waals surface area contributed by atoms with Crippen LogP contribution in [-0.4, -0.2) is 34.0 Å². The van der Waals surface area contributed by atoms with E-state index in [0.717, 1.165) is 0 Å². The molecule has 11 heavy (non-hydrogen) atoms. The smallest absolute Gasteiger partial charge is 0.303 e. The average Bonchev–Trinajstić information content (AvgIpc) is 1.87. The Morgan fingerprint density at radius 2 is 2.00 bits per heavy atom. The minimum atomic E-state index is -0.846. The molecule has 0 bridgehead atoms. The van der Waals surface area contributed by atoms with Crippen LogP contribution in [0.15, 0.2) is 0 Å². The molecule has 0 aliphatic heterocycles. The molecule has 0 aromatic heterocycles. The molecule has 3 N–H and O–H groups in total. The normalized spacial score (nSPS) is 12.9. The van der Waals surface area contributed by atoms with E-state index in [4.69, 9.17) is 15.3 Å². The maximum Gasteiger partial charge on any atom is 0.303 e. The lowest BCUT2D eigenvalue weighted by Crippen LogP contribution is -2.09. The molecule has 0 aliphatic rings. The molecule has 0 spiro atoms. The highest BCUT2D eigenvalue weighted by Gasteiger charge is 2.04. The summed E-state index contributed by atoms with van der Waals surface area (Å²) >= 11 is 0. The number of aliphatic hydroxyl groups excluding tert-OH is 2. The van der Waals surface area contributed by atoms with E-state index in [2.05, 4.69) is 0 Å². The summed E-state index contributed by atoms with van der Waals surface area (Å²) in [5.74, 6) is -0.846. The Morgan fingerprint density at radius 1 is 1.36 bits per heavy atom. The van der Waals surface area contributed by atoms with Gasteiger partial charge in [-0.15, -0.1) is 0 Å². The Bertz CT molecular complexity index is 113. The number of hydrogen-bond donors (Lipinski definition) is 3. The van der Waals surface area contributed by atoms with Gasteiger partial charge in [-0.25, -0.2) is 0 Å². The third-order valence-electron chi connectivity index (χ3n) is 1.39. The number of hydrogen-bond acceptors (Lipinski definition) is 3. The molecule has 0 unspecified atom stereocenters. The van der Waals surface area contributed by atoms with Crippen molar-refractivity contribution in [2.45, 2.75) is 31.8 Å². The van der Waals surface area contributed by atoms with Crippen molar-refractivity contribution in [2.24, 2.45) is 0 Å². The van der Waals surface area contributed by atoms with Crippen molar-refractivity contribution in [1.82, 2.24) is 0 Å². The Morgan fingerprint density at radius 3 is 2.45 bits per heavy atom. The van der Waals surface area contributed by atoms with Crippen LogP contribution in [0.2, 0.25) is 0 Å². The summed E-state index contributed by atoms with van der Waals surface area (Å²) in [6, 6.07) is 0. The lowest BCUT2D eigenvalue weighted by Gasteiger charge is -2.06. The first-order valence-electron chi connectivity index (χ1n) is 3.67. The van der Waals surface area contributed by atoms with Crippen molar-refractivity contribution in [3.63, 3.8) is 0 Å². The fourth-order valence-corrected chi connectivity index (χ4v) is 0.782. The van der Waals surface area contributed by atoms with Crippen LogP contribution in [0.5, 0.6) is 0 Å². The quantitative estimate of drug-likeness (QED) is 0.513. The molecule has 0 aromatic rings.